The van der Waals surface area contributed by atoms with Gasteiger partial charge in [0.15, 0.2) is 0 Å². The number of carbonyl (C=O) groups is 2. The largest absolute Gasteiger partial charge is 0.465 e. The maximum absolute atomic E-state index is 10.8. The Morgan fingerprint density at radius 3 is 2.55 bits per heavy atom. The normalized spacial score (nSPS) is 15.2. The Labute approximate surface area is 65.2 Å². The van der Waals surface area contributed by atoms with Crippen molar-refractivity contribution >= 4 is 12.3 Å². The Bertz CT molecular complexity index is 141. The van der Waals surface area contributed by atoms with Gasteiger partial charge in [-0.25, -0.2) is 0 Å². The summed E-state index contributed by atoms with van der Waals surface area (Å²) in [6, 6.07) is 0. The van der Waals surface area contributed by atoms with Crippen LogP contribution < -0.4 is 0 Å². The Morgan fingerprint density at radius 2 is 2.27 bits per heavy atom. The molecular weight excluding hydrogens is 148 g/mol. The van der Waals surface area contributed by atoms with E-state index in [0.717, 1.165) is 0 Å². The van der Waals surface area contributed by atoms with Gasteiger partial charge >= 0.3 is 5.97 Å². The third kappa shape index (κ3) is 3.13. The van der Waals surface area contributed by atoms with Gasteiger partial charge in [0.25, 0.3) is 0 Å². The number of hydrogen-bond acceptors (Lipinski definition) is 4. The van der Waals surface area contributed by atoms with E-state index in [1.807, 2.05) is 0 Å². The summed E-state index contributed by atoms with van der Waals surface area (Å²) in [7, 11) is 0. The molecule has 11 heavy (non-hydrogen) atoms. The molecular formula is C7H12O4. The first kappa shape index (κ1) is 10.1. The summed E-state index contributed by atoms with van der Waals surface area (Å²) in [5.74, 6) is -1.72. The van der Waals surface area contributed by atoms with Crippen LogP contribution in [0.15, 0.2) is 0 Å². The molecule has 0 aromatic carbocycles. The first-order chi connectivity index (χ1) is 5.13. The molecule has 0 saturated carbocycles. The summed E-state index contributed by atoms with van der Waals surface area (Å²) in [5, 5.41) is 8.88. The fourth-order valence-electron chi connectivity index (χ4n) is 0.605. The zero-order valence-electron chi connectivity index (χ0n) is 6.61. The van der Waals surface area contributed by atoms with E-state index in [9.17, 15) is 9.59 Å². The van der Waals surface area contributed by atoms with E-state index >= 15 is 0 Å². The molecule has 0 aliphatic heterocycles. The minimum absolute atomic E-state index is 0.218. The number of aldehydes is 1. The highest BCUT2D eigenvalue weighted by molar-refractivity contribution is 5.88. The fourth-order valence-corrected chi connectivity index (χ4v) is 0.605. The highest BCUT2D eigenvalue weighted by atomic mass is 16.5. The maximum Gasteiger partial charge on any atom is 0.318 e. The molecule has 0 radical (unpaired) electrons. The first-order valence-electron chi connectivity index (χ1n) is 3.43. The smallest absolute Gasteiger partial charge is 0.318 e. The number of aliphatic hydroxyl groups is 1. The number of carbonyl (C=O) groups excluding carboxylic acids is 2. The lowest BCUT2D eigenvalue weighted by molar-refractivity contribution is -0.152. The lowest BCUT2D eigenvalue weighted by Crippen LogP contribution is -2.28. The van der Waals surface area contributed by atoms with Crippen LogP contribution in [-0.4, -0.2) is 30.1 Å². The van der Waals surface area contributed by atoms with Crippen LogP contribution in [-0.2, 0) is 14.3 Å². The molecule has 0 rings (SSSR count). The lowest BCUT2D eigenvalue weighted by Gasteiger charge is -2.10. The Balaban J connectivity index is 4.03. The van der Waals surface area contributed by atoms with Crippen LogP contribution in [0.4, 0.5) is 0 Å². The van der Waals surface area contributed by atoms with Crippen molar-refractivity contribution in [2.75, 3.05) is 6.61 Å². The summed E-state index contributed by atoms with van der Waals surface area (Å²) in [6.45, 7) is 3.23. The van der Waals surface area contributed by atoms with Gasteiger partial charge in [0.1, 0.15) is 12.2 Å². The van der Waals surface area contributed by atoms with Gasteiger partial charge in [0, 0.05) is 0 Å². The zero-order valence-corrected chi connectivity index (χ0v) is 6.61. The molecule has 0 fully saturated rings. The van der Waals surface area contributed by atoms with Crippen LogP contribution in [0.2, 0.25) is 0 Å². The van der Waals surface area contributed by atoms with Crippen molar-refractivity contribution in [2.45, 2.75) is 20.0 Å². The molecule has 0 spiro atoms. The van der Waals surface area contributed by atoms with Crippen molar-refractivity contribution in [3.05, 3.63) is 0 Å². The van der Waals surface area contributed by atoms with Crippen LogP contribution >= 0.6 is 0 Å². The molecule has 4 heteroatoms. The predicted octanol–water partition coefficient (Wildman–Crippen LogP) is -0.255. The third-order valence-electron chi connectivity index (χ3n) is 1.23. The topological polar surface area (TPSA) is 63.6 Å². The van der Waals surface area contributed by atoms with Crippen LogP contribution in [0.3, 0.4) is 0 Å². The van der Waals surface area contributed by atoms with Crippen molar-refractivity contribution in [1.82, 2.24) is 0 Å². The van der Waals surface area contributed by atoms with Gasteiger partial charge in [0.2, 0.25) is 0 Å². The summed E-state index contributed by atoms with van der Waals surface area (Å²) in [5.41, 5.74) is 0. The number of ether oxygens (including phenoxy) is 1. The van der Waals surface area contributed by atoms with Crippen molar-refractivity contribution in [1.29, 1.82) is 0 Å². The standard InChI is InChI=1S/C7H12O4/c1-3-11-7(10)6(4-8)5(2)9/h4-6,9H,3H2,1-2H3. The molecule has 0 amide bonds. The lowest BCUT2D eigenvalue weighted by atomic mass is 10.1. The van der Waals surface area contributed by atoms with Crippen molar-refractivity contribution in [2.24, 2.45) is 5.92 Å². The molecule has 0 aliphatic carbocycles. The SMILES string of the molecule is CCOC(=O)C(C=O)C(C)O. The average molecular weight is 160 g/mol. The Kier molecular flexibility index (Phi) is 4.45. The summed E-state index contributed by atoms with van der Waals surface area (Å²) >= 11 is 0. The third-order valence-corrected chi connectivity index (χ3v) is 1.23. The molecule has 64 valence electrons. The van der Waals surface area contributed by atoms with Gasteiger partial charge < -0.3 is 14.6 Å². The van der Waals surface area contributed by atoms with Crippen molar-refractivity contribution < 1.29 is 19.4 Å². The van der Waals surface area contributed by atoms with Gasteiger partial charge in [-0.15, -0.1) is 0 Å². The molecule has 0 heterocycles. The predicted molar refractivity (Wildman–Crippen MR) is 37.9 cm³/mol. The quantitative estimate of drug-likeness (QED) is 0.350. The van der Waals surface area contributed by atoms with E-state index < -0.39 is 18.0 Å². The second kappa shape index (κ2) is 4.85. The molecule has 2 unspecified atom stereocenters. The molecule has 0 saturated heterocycles. The molecule has 0 aromatic rings. The highest BCUT2D eigenvalue weighted by Gasteiger charge is 2.23. The van der Waals surface area contributed by atoms with Gasteiger partial charge in [-0.2, -0.15) is 0 Å². The van der Waals surface area contributed by atoms with E-state index in [0.29, 0.717) is 6.29 Å². The van der Waals surface area contributed by atoms with Crippen LogP contribution in [0.1, 0.15) is 13.8 Å². The highest BCUT2D eigenvalue weighted by Crippen LogP contribution is 2.02. The molecule has 0 aliphatic rings. The van der Waals surface area contributed by atoms with Crippen molar-refractivity contribution in [3.63, 3.8) is 0 Å². The summed E-state index contributed by atoms with van der Waals surface area (Å²) < 4.78 is 4.53. The van der Waals surface area contributed by atoms with Crippen LogP contribution in [0.25, 0.3) is 0 Å². The number of esters is 1. The first-order valence-corrected chi connectivity index (χ1v) is 3.43. The van der Waals surface area contributed by atoms with Gasteiger partial charge in [-0.05, 0) is 13.8 Å². The minimum Gasteiger partial charge on any atom is -0.465 e. The monoisotopic (exact) mass is 160 g/mol. The van der Waals surface area contributed by atoms with E-state index in [-0.39, 0.29) is 6.61 Å². The average Bonchev–Trinajstić information content (AvgIpc) is 1.88. The summed E-state index contributed by atoms with van der Waals surface area (Å²) in [4.78, 5) is 21.0. The van der Waals surface area contributed by atoms with Gasteiger partial charge in [-0.3, -0.25) is 4.79 Å². The minimum atomic E-state index is -1.05. The molecule has 2 atom stereocenters. The molecule has 4 nitrogen and oxygen atoms in total. The molecule has 0 bridgehead atoms. The summed E-state index contributed by atoms with van der Waals surface area (Å²) in [6.07, 6.45) is -0.589. The van der Waals surface area contributed by atoms with E-state index in [1.165, 1.54) is 6.92 Å². The number of rotatable bonds is 4. The fraction of sp³-hybridized carbons (Fsp3) is 0.714. The van der Waals surface area contributed by atoms with Crippen LogP contribution in [0, 0.1) is 5.92 Å². The van der Waals surface area contributed by atoms with E-state index in [4.69, 9.17) is 5.11 Å². The second-order valence-corrected chi connectivity index (χ2v) is 2.15. The van der Waals surface area contributed by atoms with Gasteiger partial charge in [0.05, 0.1) is 12.7 Å². The second-order valence-electron chi connectivity index (χ2n) is 2.15. The maximum atomic E-state index is 10.8. The van der Waals surface area contributed by atoms with E-state index in [1.54, 1.807) is 6.92 Å². The van der Waals surface area contributed by atoms with E-state index in [2.05, 4.69) is 4.74 Å². The number of hydrogen-bond donors (Lipinski definition) is 1. The van der Waals surface area contributed by atoms with Gasteiger partial charge in [-0.1, -0.05) is 0 Å². The molecule has 1 N–H and O–H groups in total. The Hall–Kier alpha value is -0.900. The van der Waals surface area contributed by atoms with Crippen LogP contribution in [0.5, 0.6) is 0 Å². The zero-order chi connectivity index (χ0) is 8.85. The molecule has 0 aromatic heterocycles. The number of aliphatic hydroxyl groups excluding tert-OH is 1. The van der Waals surface area contributed by atoms with Crippen molar-refractivity contribution in [3.8, 4) is 0 Å². The Morgan fingerprint density at radius 1 is 1.73 bits per heavy atom.